The minimum absolute atomic E-state index is 0.0109. The largest absolute Gasteiger partial charge is 0.326 e. The smallest absolute Gasteiger partial charge is 0.221 e. The monoisotopic (exact) mass is 218 g/mol. The van der Waals surface area contributed by atoms with Crippen LogP contribution in [0.4, 0.5) is 5.69 Å². The summed E-state index contributed by atoms with van der Waals surface area (Å²) in [7, 11) is 0. The highest BCUT2D eigenvalue weighted by Gasteiger charge is 2.17. The highest BCUT2D eigenvalue weighted by Crippen LogP contribution is 2.28. The highest BCUT2D eigenvalue weighted by atomic mass is 16.1. The molecule has 0 bridgehead atoms. The minimum Gasteiger partial charge on any atom is -0.326 e. The molecule has 2 N–H and O–H groups in total. The van der Waals surface area contributed by atoms with Crippen molar-refractivity contribution in [1.82, 2.24) is 5.32 Å². The van der Waals surface area contributed by atoms with E-state index >= 15 is 0 Å². The van der Waals surface area contributed by atoms with Crippen LogP contribution < -0.4 is 10.6 Å². The van der Waals surface area contributed by atoms with Gasteiger partial charge in [0.05, 0.1) is 0 Å². The van der Waals surface area contributed by atoms with Crippen LogP contribution in [0, 0.1) is 0 Å². The Morgan fingerprint density at radius 1 is 1.38 bits per heavy atom. The predicted molar refractivity (Wildman–Crippen MR) is 65.3 cm³/mol. The Morgan fingerprint density at radius 2 is 2.19 bits per heavy atom. The molecule has 0 spiro atoms. The first-order valence-electron chi connectivity index (χ1n) is 5.87. The number of para-hydroxylation sites is 1. The van der Waals surface area contributed by atoms with Gasteiger partial charge >= 0.3 is 0 Å². The van der Waals surface area contributed by atoms with E-state index in [1.165, 1.54) is 18.4 Å². The van der Waals surface area contributed by atoms with E-state index in [1.54, 1.807) is 6.92 Å². The maximum Gasteiger partial charge on any atom is 0.221 e. The SMILES string of the molecule is CC(=O)Nc1ccccc1C1CCCCN1. The molecule has 1 unspecified atom stereocenters. The molecule has 3 heteroatoms. The summed E-state index contributed by atoms with van der Waals surface area (Å²) in [6, 6.07) is 8.42. The lowest BCUT2D eigenvalue weighted by atomic mass is 9.96. The van der Waals surface area contributed by atoms with Crippen molar-refractivity contribution in [2.75, 3.05) is 11.9 Å². The van der Waals surface area contributed by atoms with Crippen LogP contribution in [0.5, 0.6) is 0 Å². The van der Waals surface area contributed by atoms with E-state index in [0.717, 1.165) is 18.7 Å². The number of carbonyl (C=O) groups excluding carboxylic acids is 1. The summed E-state index contributed by atoms with van der Waals surface area (Å²) in [6.07, 6.45) is 3.65. The van der Waals surface area contributed by atoms with Gasteiger partial charge in [0.2, 0.25) is 5.91 Å². The van der Waals surface area contributed by atoms with E-state index in [0.29, 0.717) is 6.04 Å². The predicted octanol–water partition coefficient (Wildman–Crippen LogP) is 2.46. The molecule has 1 heterocycles. The van der Waals surface area contributed by atoms with Gasteiger partial charge in [0.25, 0.3) is 0 Å². The average Bonchev–Trinajstić information content (AvgIpc) is 2.30. The zero-order valence-electron chi connectivity index (χ0n) is 9.62. The Bertz CT molecular complexity index is 370. The van der Waals surface area contributed by atoms with Gasteiger partial charge in [-0.05, 0) is 31.0 Å². The number of anilines is 1. The molecule has 86 valence electrons. The molecule has 0 saturated carbocycles. The average molecular weight is 218 g/mol. The Hall–Kier alpha value is -1.35. The second-order valence-corrected chi connectivity index (χ2v) is 4.27. The second kappa shape index (κ2) is 5.12. The third-order valence-electron chi connectivity index (χ3n) is 2.96. The van der Waals surface area contributed by atoms with Crippen LogP contribution in [0.15, 0.2) is 24.3 Å². The van der Waals surface area contributed by atoms with Crippen molar-refractivity contribution in [2.24, 2.45) is 0 Å². The molecule has 1 aromatic rings. The molecule has 1 aliphatic rings. The Morgan fingerprint density at radius 3 is 2.88 bits per heavy atom. The highest BCUT2D eigenvalue weighted by molar-refractivity contribution is 5.89. The van der Waals surface area contributed by atoms with Crippen molar-refractivity contribution < 1.29 is 4.79 Å². The van der Waals surface area contributed by atoms with Crippen LogP contribution in [0.1, 0.15) is 37.8 Å². The fourth-order valence-corrected chi connectivity index (χ4v) is 2.22. The lowest BCUT2D eigenvalue weighted by Crippen LogP contribution is -2.27. The van der Waals surface area contributed by atoms with E-state index in [4.69, 9.17) is 0 Å². The van der Waals surface area contributed by atoms with Gasteiger partial charge in [-0.25, -0.2) is 0 Å². The van der Waals surface area contributed by atoms with Crippen molar-refractivity contribution in [3.63, 3.8) is 0 Å². The van der Waals surface area contributed by atoms with Crippen molar-refractivity contribution >= 4 is 11.6 Å². The van der Waals surface area contributed by atoms with Crippen LogP contribution in [-0.4, -0.2) is 12.5 Å². The molecule has 0 radical (unpaired) electrons. The Balaban J connectivity index is 2.20. The van der Waals surface area contributed by atoms with Gasteiger partial charge in [-0.2, -0.15) is 0 Å². The summed E-state index contributed by atoms with van der Waals surface area (Å²) < 4.78 is 0. The van der Waals surface area contributed by atoms with Gasteiger partial charge in [-0.1, -0.05) is 24.6 Å². The quantitative estimate of drug-likeness (QED) is 0.800. The van der Waals surface area contributed by atoms with Gasteiger partial charge in [-0.15, -0.1) is 0 Å². The van der Waals surface area contributed by atoms with E-state index < -0.39 is 0 Å². The molecule has 1 atom stereocenters. The third-order valence-corrected chi connectivity index (χ3v) is 2.96. The standard InChI is InChI=1S/C13H18N2O/c1-10(16)15-13-8-3-2-6-11(13)12-7-4-5-9-14-12/h2-3,6,8,12,14H,4-5,7,9H2,1H3,(H,15,16). The minimum atomic E-state index is -0.0109. The zero-order chi connectivity index (χ0) is 11.4. The molecule has 16 heavy (non-hydrogen) atoms. The number of hydrogen-bond donors (Lipinski definition) is 2. The lowest BCUT2D eigenvalue weighted by molar-refractivity contribution is -0.114. The molecule has 2 rings (SSSR count). The van der Waals surface area contributed by atoms with E-state index in [-0.39, 0.29) is 5.91 Å². The van der Waals surface area contributed by atoms with E-state index in [2.05, 4.69) is 16.7 Å². The second-order valence-electron chi connectivity index (χ2n) is 4.27. The number of piperidine rings is 1. The molecule has 1 saturated heterocycles. The molecule has 1 fully saturated rings. The Labute approximate surface area is 96.2 Å². The topological polar surface area (TPSA) is 41.1 Å². The van der Waals surface area contributed by atoms with Gasteiger partial charge in [0.1, 0.15) is 0 Å². The fourth-order valence-electron chi connectivity index (χ4n) is 2.22. The van der Waals surface area contributed by atoms with Gasteiger partial charge in [0, 0.05) is 18.7 Å². The van der Waals surface area contributed by atoms with Crippen molar-refractivity contribution in [3.8, 4) is 0 Å². The number of nitrogens with one attached hydrogen (secondary N) is 2. The fraction of sp³-hybridized carbons (Fsp3) is 0.462. The number of carbonyl (C=O) groups is 1. The molecule has 1 aromatic carbocycles. The third kappa shape index (κ3) is 2.61. The maximum atomic E-state index is 11.1. The lowest BCUT2D eigenvalue weighted by Gasteiger charge is -2.25. The summed E-state index contributed by atoms with van der Waals surface area (Å²) in [5.41, 5.74) is 2.15. The number of hydrogen-bond acceptors (Lipinski definition) is 2. The summed E-state index contributed by atoms with van der Waals surface area (Å²) in [6.45, 7) is 2.62. The first-order valence-corrected chi connectivity index (χ1v) is 5.87. The molecule has 1 aliphatic heterocycles. The van der Waals surface area contributed by atoms with E-state index in [9.17, 15) is 4.79 Å². The van der Waals surface area contributed by atoms with Gasteiger partial charge < -0.3 is 10.6 Å². The van der Waals surface area contributed by atoms with Crippen molar-refractivity contribution in [3.05, 3.63) is 29.8 Å². The van der Waals surface area contributed by atoms with Crippen LogP contribution in [-0.2, 0) is 4.79 Å². The van der Waals surface area contributed by atoms with Crippen LogP contribution in [0.25, 0.3) is 0 Å². The number of benzene rings is 1. The molecular weight excluding hydrogens is 200 g/mol. The van der Waals surface area contributed by atoms with Gasteiger partial charge in [0.15, 0.2) is 0 Å². The molecule has 1 amide bonds. The summed E-state index contributed by atoms with van der Waals surface area (Å²) in [4.78, 5) is 11.1. The molecule has 3 nitrogen and oxygen atoms in total. The first-order chi connectivity index (χ1) is 7.77. The first kappa shape index (κ1) is 11.1. The van der Waals surface area contributed by atoms with Crippen molar-refractivity contribution in [1.29, 1.82) is 0 Å². The summed E-state index contributed by atoms with van der Waals surface area (Å²) >= 11 is 0. The zero-order valence-corrected chi connectivity index (χ0v) is 9.62. The molecule has 0 aliphatic carbocycles. The van der Waals surface area contributed by atoms with Crippen LogP contribution >= 0.6 is 0 Å². The maximum absolute atomic E-state index is 11.1. The number of amides is 1. The van der Waals surface area contributed by atoms with Gasteiger partial charge in [-0.3, -0.25) is 4.79 Å². The molecule has 0 aromatic heterocycles. The number of rotatable bonds is 2. The Kier molecular flexibility index (Phi) is 3.57. The summed E-state index contributed by atoms with van der Waals surface area (Å²) in [5, 5.41) is 6.39. The van der Waals surface area contributed by atoms with Crippen molar-refractivity contribution in [2.45, 2.75) is 32.2 Å². The van der Waals surface area contributed by atoms with Crippen LogP contribution in [0.2, 0.25) is 0 Å². The normalized spacial score (nSPS) is 20.4. The van der Waals surface area contributed by atoms with Crippen LogP contribution in [0.3, 0.4) is 0 Å². The summed E-state index contributed by atoms with van der Waals surface area (Å²) in [5.74, 6) is -0.0109. The van der Waals surface area contributed by atoms with E-state index in [1.807, 2.05) is 18.2 Å². The molecular formula is C13H18N2O.